The van der Waals surface area contributed by atoms with E-state index in [9.17, 15) is 19.2 Å². The number of hydrogen-bond acceptors (Lipinski definition) is 5. The average molecular weight is 422 g/mol. The third kappa shape index (κ3) is 4.63. The van der Waals surface area contributed by atoms with E-state index in [2.05, 4.69) is 0 Å². The second-order valence-electron chi connectivity index (χ2n) is 6.99. The Labute approximate surface area is 179 Å². The molecule has 3 rings (SSSR count). The summed E-state index contributed by atoms with van der Waals surface area (Å²) >= 11 is 0. The molecule has 0 radical (unpaired) electrons. The van der Waals surface area contributed by atoms with Crippen LogP contribution >= 0.6 is 0 Å². The molecule has 1 heterocycles. The molecule has 8 nitrogen and oxygen atoms in total. The first-order chi connectivity index (χ1) is 14.8. The Hall–Kier alpha value is -3.94. The normalized spacial score (nSPS) is 15.5. The Balaban J connectivity index is 1.85. The van der Waals surface area contributed by atoms with Crippen molar-refractivity contribution in [2.45, 2.75) is 20.0 Å². The van der Waals surface area contributed by atoms with Gasteiger partial charge in [0.2, 0.25) is 0 Å². The van der Waals surface area contributed by atoms with Crippen LogP contribution in [0.1, 0.15) is 34.8 Å². The van der Waals surface area contributed by atoms with E-state index in [0.29, 0.717) is 17.7 Å². The molecule has 1 fully saturated rings. The molecule has 1 N–H and O–H groups in total. The smallest absolute Gasteiger partial charge is 0.335 e. The Morgan fingerprint density at radius 2 is 1.71 bits per heavy atom. The number of carbonyl (C=O) groups excluding carboxylic acids is 3. The number of benzene rings is 2. The lowest BCUT2D eigenvalue weighted by Crippen LogP contribution is -2.54. The number of urea groups is 1. The van der Waals surface area contributed by atoms with E-state index in [4.69, 9.17) is 9.84 Å². The predicted molar refractivity (Wildman–Crippen MR) is 112 cm³/mol. The first kappa shape index (κ1) is 21.8. The lowest BCUT2D eigenvalue weighted by atomic mass is 10.1. The van der Waals surface area contributed by atoms with Crippen LogP contribution in [-0.2, 0) is 16.2 Å². The van der Waals surface area contributed by atoms with Crippen LogP contribution in [0.4, 0.5) is 4.79 Å². The largest absolute Gasteiger partial charge is 0.488 e. The molecule has 0 aliphatic carbocycles. The highest BCUT2D eigenvalue weighted by Crippen LogP contribution is 2.25. The van der Waals surface area contributed by atoms with Crippen molar-refractivity contribution in [2.75, 3.05) is 13.6 Å². The van der Waals surface area contributed by atoms with Gasteiger partial charge in [0.15, 0.2) is 0 Å². The zero-order valence-electron chi connectivity index (χ0n) is 17.2. The quantitative estimate of drug-likeness (QED) is 0.543. The molecule has 0 unspecified atom stereocenters. The van der Waals surface area contributed by atoms with Crippen LogP contribution < -0.4 is 4.74 Å². The lowest BCUT2D eigenvalue weighted by molar-refractivity contribution is -0.135. The highest BCUT2D eigenvalue weighted by atomic mass is 16.5. The monoisotopic (exact) mass is 422 g/mol. The molecule has 0 spiro atoms. The van der Waals surface area contributed by atoms with Crippen molar-refractivity contribution in [2.24, 2.45) is 0 Å². The molecule has 8 heteroatoms. The maximum Gasteiger partial charge on any atom is 0.335 e. The van der Waals surface area contributed by atoms with Gasteiger partial charge in [0.05, 0.1) is 5.56 Å². The Morgan fingerprint density at radius 1 is 1.03 bits per heavy atom. The Bertz CT molecular complexity index is 1060. The molecule has 0 saturated carbocycles. The average Bonchev–Trinajstić information content (AvgIpc) is 2.77. The van der Waals surface area contributed by atoms with Gasteiger partial charge >= 0.3 is 12.0 Å². The summed E-state index contributed by atoms with van der Waals surface area (Å²) in [6, 6.07) is 12.6. The van der Waals surface area contributed by atoms with Gasteiger partial charge in [-0.2, -0.15) is 0 Å². The van der Waals surface area contributed by atoms with Crippen LogP contribution in [0.15, 0.2) is 54.1 Å². The molecule has 31 heavy (non-hydrogen) atoms. The summed E-state index contributed by atoms with van der Waals surface area (Å²) in [5.41, 5.74) is 1.34. The molecule has 4 amide bonds. The number of rotatable bonds is 7. The van der Waals surface area contributed by atoms with E-state index in [1.54, 1.807) is 36.4 Å². The summed E-state index contributed by atoms with van der Waals surface area (Å²) in [5.74, 6) is -1.86. The third-order valence-corrected chi connectivity index (χ3v) is 4.79. The number of carbonyl (C=O) groups is 4. The van der Waals surface area contributed by atoms with Gasteiger partial charge in [0, 0.05) is 19.2 Å². The summed E-state index contributed by atoms with van der Waals surface area (Å²) in [5, 5.41) is 8.99. The maximum atomic E-state index is 12.8. The number of carboxylic acid groups (broad SMARTS) is 1. The molecular weight excluding hydrogens is 400 g/mol. The summed E-state index contributed by atoms with van der Waals surface area (Å²) in [4.78, 5) is 50.5. The zero-order chi connectivity index (χ0) is 22.5. The number of hydrogen-bond donors (Lipinski definition) is 1. The minimum absolute atomic E-state index is 0.114. The van der Waals surface area contributed by atoms with Crippen LogP contribution in [0, 0.1) is 0 Å². The first-order valence-corrected chi connectivity index (χ1v) is 9.73. The number of imide groups is 2. The number of likely N-dealkylation sites (N-methyl/N-ethyl adjacent to an activating group) is 1. The Kier molecular flexibility index (Phi) is 6.49. The molecule has 2 aromatic carbocycles. The van der Waals surface area contributed by atoms with Gasteiger partial charge in [-0.25, -0.2) is 9.59 Å². The van der Waals surface area contributed by atoms with Gasteiger partial charge in [0.1, 0.15) is 17.9 Å². The van der Waals surface area contributed by atoms with Crippen molar-refractivity contribution >= 4 is 29.9 Å². The number of para-hydroxylation sites is 1. The van der Waals surface area contributed by atoms with E-state index in [1.807, 2.05) is 6.92 Å². The second kappa shape index (κ2) is 9.25. The maximum absolute atomic E-state index is 12.8. The standard InChI is InChI=1S/C23H22N2O6/c1-3-12-25-21(27)18(20(26)24(2)23(25)30)13-17-6-4-5-7-19(17)31-14-15-8-10-16(11-9-15)22(28)29/h4-11,13H,3,12,14H2,1-2H3,(H,28,29)/b18-13-. The molecule has 0 aromatic heterocycles. The van der Waals surface area contributed by atoms with Crippen LogP contribution in [-0.4, -0.2) is 52.3 Å². The van der Waals surface area contributed by atoms with Gasteiger partial charge < -0.3 is 9.84 Å². The van der Waals surface area contributed by atoms with E-state index in [-0.39, 0.29) is 24.3 Å². The van der Waals surface area contributed by atoms with Crippen molar-refractivity contribution < 1.29 is 29.0 Å². The van der Waals surface area contributed by atoms with Crippen LogP contribution in [0.25, 0.3) is 6.08 Å². The zero-order valence-corrected chi connectivity index (χ0v) is 17.2. The van der Waals surface area contributed by atoms with Crippen molar-refractivity contribution in [1.29, 1.82) is 0 Å². The van der Waals surface area contributed by atoms with Crippen LogP contribution in [0.2, 0.25) is 0 Å². The second-order valence-corrected chi connectivity index (χ2v) is 6.99. The van der Waals surface area contributed by atoms with Crippen LogP contribution in [0.3, 0.4) is 0 Å². The minimum Gasteiger partial charge on any atom is -0.488 e. The van der Waals surface area contributed by atoms with E-state index >= 15 is 0 Å². The van der Waals surface area contributed by atoms with Crippen molar-refractivity contribution in [3.05, 3.63) is 70.8 Å². The highest BCUT2D eigenvalue weighted by molar-refractivity contribution is 6.30. The van der Waals surface area contributed by atoms with E-state index < -0.39 is 23.8 Å². The van der Waals surface area contributed by atoms with Crippen molar-refractivity contribution in [1.82, 2.24) is 9.80 Å². The molecule has 2 aromatic rings. The van der Waals surface area contributed by atoms with E-state index in [1.165, 1.54) is 25.3 Å². The summed E-state index contributed by atoms with van der Waals surface area (Å²) in [6.07, 6.45) is 2.01. The fraction of sp³-hybridized carbons (Fsp3) is 0.217. The van der Waals surface area contributed by atoms with Crippen molar-refractivity contribution in [3.63, 3.8) is 0 Å². The summed E-state index contributed by atoms with van der Waals surface area (Å²) in [6.45, 7) is 2.23. The van der Waals surface area contributed by atoms with Gasteiger partial charge in [-0.3, -0.25) is 19.4 Å². The number of ether oxygens (including phenoxy) is 1. The highest BCUT2D eigenvalue weighted by Gasteiger charge is 2.39. The fourth-order valence-electron chi connectivity index (χ4n) is 3.11. The van der Waals surface area contributed by atoms with Crippen molar-refractivity contribution in [3.8, 4) is 5.75 Å². The SMILES string of the molecule is CCCN1C(=O)/C(=C\c2ccccc2OCc2ccc(C(=O)O)cc2)C(=O)N(C)C1=O. The Morgan fingerprint density at radius 3 is 2.35 bits per heavy atom. The molecule has 0 atom stereocenters. The molecule has 1 aliphatic heterocycles. The van der Waals surface area contributed by atoms with Gasteiger partial charge in [-0.05, 0) is 36.3 Å². The van der Waals surface area contributed by atoms with E-state index in [0.717, 1.165) is 15.4 Å². The number of amides is 4. The molecular formula is C23H22N2O6. The number of aromatic carboxylic acids is 1. The molecule has 160 valence electrons. The number of carboxylic acids is 1. The lowest BCUT2D eigenvalue weighted by Gasteiger charge is -2.31. The van der Waals surface area contributed by atoms with Gasteiger partial charge in [-0.15, -0.1) is 0 Å². The molecule has 1 saturated heterocycles. The molecule has 1 aliphatic rings. The third-order valence-electron chi connectivity index (χ3n) is 4.79. The number of barbiturate groups is 1. The minimum atomic E-state index is -1.01. The summed E-state index contributed by atoms with van der Waals surface area (Å²) < 4.78 is 5.85. The van der Waals surface area contributed by atoms with Gasteiger partial charge in [0.25, 0.3) is 11.8 Å². The number of nitrogens with zero attached hydrogens (tertiary/aromatic N) is 2. The molecule has 0 bridgehead atoms. The van der Waals surface area contributed by atoms with Gasteiger partial charge in [-0.1, -0.05) is 37.3 Å². The predicted octanol–water partition coefficient (Wildman–Crippen LogP) is 3.18. The fourth-order valence-corrected chi connectivity index (χ4v) is 3.11. The summed E-state index contributed by atoms with van der Waals surface area (Å²) in [7, 11) is 1.34. The first-order valence-electron chi connectivity index (χ1n) is 9.73. The van der Waals surface area contributed by atoms with Crippen LogP contribution in [0.5, 0.6) is 5.75 Å². The topological polar surface area (TPSA) is 104 Å².